The Labute approximate surface area is 143 Å². The van der Waals surface area contributed by atoms with Gasteiger partial charge >= 0.3 is 11.9 Å². The number of unbranched alkanes of at least 4 members (excludes halogenated alkanes) is 4. The van der Waals surface area contributed by atoms with Crippen LogP contribution in [0.3, 0.4) is 0 Å². The minimum absolute atomic E-state index is 0.353. The Hall–Kier alpha value is -1.36. The molecule has 130 valence electrons. The van der Waals surface area contributed by atoms with Crippen molar-refractivity contribution in [1.82, 2.24) is 0 Å². The standard InChI is InChI=1S/C18H28O4S/c1-5-7-9-11-13-14(12-10-8-6-2)16(18(20)22-4)23-15(13)17(19)21-3/h5-12H2,1-4H3. The van der Waals surface area contributed by atoms with Crippen LogP contribution >= 0.6 is 11.3 Å². The lowest BCUT2D eigenvalue weighted by atomic mass is 9.97. The lowest BCUT2D eigenvalue weighted by molar-refractivity contribution is 0.0597. The van der Waals surface area contributed by atoms with Gasteiger partial charge in [0.2, 0.25) is 0 Å². The Kier molecular flexibility index (Phi) is 8.92. The molecule has 23 heavy (non-hydrogen) atoms. The summed E-state index contributed by atoms with van der Waals surface area (Å²) >= 11 is 1.22. The summed E-state index contributed by atoms with van der Waals surface area (Å²) in [7, 11) is 2.76. The molecular weight excluding hydrogens is 312 g/mol. The SMILES string of the molecule is CCCCCc1c(C(=O)OC)sc(C(=O)OC)c1CCCCC. The molecule has 0 spiro atoms. The van der Waals surface area contributed by atoms with Crippen molar-refractivity contribution in [1.29, 1.82) is 0 Å². The molecule has 1 rings (SSSR count). The zero-order valence-electron chi connectivity index (χ0n) is 14.7. The minimum atomic E-state index is -0.353. The van der Waals surface area contributed by atoms with Crippen molar-refractivity contribution in [2.75, 3.05) is 14.2 Å². The quantitative estimate of drug-likeness (QED) is 0.454. The molecule has 1 aromatic heterocycles. The van der Waals surface area contributed by atoms with E-state index < -0.39 is 0 Å². The molecule has 0 amide bonds. The number of carbonyl (C=O) groups excluding carboxylic acids is 2. The third kappa shape index (κ3) is 5.34. The third-order valence-electron chi connectivity index (χ3n) is 3.92. The molecular formula is C18H28O4S. The summed E-state index contributed by atoms with van der Waals surface area (Å²) < 4.78 is 9.82. The van der Waals surface area contributed by atoms with Gasteiger partial charge in [0.15, 0.2) is 0 Å². The van der Waals surface area contributed by atoms with Crippen LogP contribution in [0.4, 0.5) is 0 Å². The van der Waals surface area contributed by atoms with Crippen LogP contribution in [0.2, 0.25) is 0 Å². The van der Waals surface area contributed by atoms with Gasteiger partial charge in [-0.25, -0.2) is 9.59 Å². The van der Waals surface area contributed by atoms with Crippen LogP contribution in [0.25, 0.3) is 0 Å². The topological polar surface area (TPSA) is 52.6 Å². The molecule has 0 atom stereocenters. The Morgan fingerprint density at radius 1 is 0.783 bits per heavy atom. The summed E-state index contributed by atoms with van der Waals surface area (Å²) in [6.07, 6.45) is 8.11. The molecule has 0 saturated heterocycles. The number of hydrogen-bond donors (Lipinski definition) is 0. The van der Waals surface area contributed by atoms with Gasteiger partial charge in [-0.2, -0.15) is 0 Å². The summed E-state index contributed by atoms with van der Waals surface area (Å²) in [6.45, 7) is 4.30. The first kappa shape index (κ1) is 19.7. The van der Waals surface area contributed by atoms with Crippen molar-refractivity contribution >= 4 is 23.3 Å². The Morgan fingerprint density at radius 3 is 1.48 bits per heavy atom. The predicted octanol–water partition coefficient (Wildman–Crippen LogP) is 4.79. The van der Waals surface area contributed by atoms with Crippen molar-refractivity contribution in [3.63, 3.8) is 0 Å². The van der Waals surface area contributed by atoms with E-state index in [9.17, 15) is 9.59 Å². The first-order valence-corrected chi connectivity index (χ1v) is 9.23. The number of thiophene rings is 1. The van der Waals surface area contributed by atoms with Gasteiger partial charge < -0.3 is 9.47 Å². The molecule has 0 aliphatic heterocycles. The fourth-order valence-electron chi connectivity index (χ4n) is 2.65. The fraction of sp³-hybridized carbons (Fsp3) is 0.667. The van der Waals surface area contributed by atoms with Crippen LogP contribution in [0.15, 0.2) is 0 Å². The smallest absolute Gasteiger partial charge is 0.348 e. The van der Waals surface area contributed by atoms with Gasteiger partial charge in [0.25, 0.3) is 0 Å². The maximum atomic E-state index is 12.1. The summed E-state index contributed by atoms with van der Waals surface area (Å²) in [5, 5.41) is 0. The number of methoxy groups -OCH3 is 2. The third-order valence-corrected chi connectivity index (χ3v) is 5.15. The maximum absolute atomic E-state index is 12.1. The monoisotopic (exact) mass is 340 g/mol. The first-order valence-electron chi connectivity index (χ1n) is 8.41. The van der Waals surface area contributed by atoms with Gasteiger partial charge in [0.1, 0.15) is 9.75 Å². The highest BCUT2D eigenvalue weighted by atomic mass is 32.1. The van der Waals surface area contributed by atoms with E-state index in [-0.39, 0.29) is 11.9 Å². The van der Waals surface area contributed by atoms with E-state index in [1.54, 1.807) is 0 Å². The molecule has 0 N–H and O–H groups in total. The van der Waals surface area contributed by atoms with E-state index in [0.29, 0.717) is 9.75 Å². The lowest BCUT2D eigenvalue weighted by Gasteiger charge is -2.08. The molecule has 0 aromatic carbocycles. The molecule has 0 saturated carbocycles. The van der Waals surface area contributed by atoms with E-state index in [2.05, 4.69) is 13.8 Å². The Morgan fingerprint density at radius 2 is 1.17 bits per heavy atom. The van der Waals surface area contributed by atoms with Crippen molar-refractivity contribution in [3.8, 4) is 0 Å². The molecule has 0 bridgehead atoms. The average Bonchev–Trinajstić information content (AvgIpc) is 2.92. The second-order valence-electron chi connectivity index (χ2n) is 5.61. The summed E-state index contributed by atoms with van der Waals surface area (Å²) in [5.74, 6) is -0.707. The van der Waals surface area contributed by atoms with E-state index in [0.717, 1.165) is 62.5 Å². The minimum Gasteiger partial charge on any atom is -0.465 e. The van der Waals surface area contributed by atoms with Gasteiger partial charge in [-0.1, -0.05) is 39.5 Å². The number of esters is 2. The molecule has 0 fully saturated rings. The van der Waals surface area contributed by atoms with Gasteiger partial charge in [0.05, 0.1) is 14.2 Å². The molecule has 4 nitrogen and oxygen atoms in total. The van der Waals surface area contributed by atoms with E-state index in [4.69, 9.17) is 9.47 Å². The Bertz CT molecular complexity index is 475. The van der Waals surface area contributed by atoms with Crippen LogP contribution < -0.4 is 0 Å². The largest absolute Gasteiger partial charge is 0.465 e. The number of ether oxygens (including phenoxy) is 2. The van der Waals surface area contributed by atoms with Crippen molar-refractivity contribution in [2.45, 2.75) is 65.2 Å². The maximum Gasteiger partial charge on any atom is 0.348 e. The number of carbonyl (C=O) groups is 2. The van der Waals surface area contributed by atoms with E-state index in [1.807, 2.05) is 0 Å². The zero-order valence-corrected chi connectivity index (χ0v) is 15.5. The van der Waals surface area contributed by atoms with Gasteiger partial charge in [-0.05, 0) is 36.8 Å². The Balaban J connectivity index is 3.22. The molecule has 0 aliphatic rings. The zero-order chi connectivity index (χ0) is 17.2. The van der Waals surface area contributed by atoms with Crippen LogP contribution in [0.5, 0.6) is 0 Å². The van der Waals surface area contributed by atoms with Crippen LogP contribution in [-0.4, -0.2) is 26.2 Å². The van der Waals surface area contributed by atoms with E-state index in [1.165, 1.54) is 25.6 Å². The van der Waals surface area contributed by atoms with Gasteiger partial charge in [-0.3, -0.25) is 0 Å². The summed E-state index contributed by atoms with van der Waals surface area (Å²) in [4.78, 5) is 25.3. The van der Waals surface area contributed by atoms with Crippen molar-refractivity contribution in [2.24, 2.45) is 0 Å². The van der Waals surface area contributed by atoms with Gasteiger partial charge in [0, 0.05) is 0 Å². The van der Waals surface area contributed by atoms with Gasteiger partial charge in [-0.15, -0.1) is 11.3 Å². The van der Waals surface area contributed by atoms with Crippen LogP contribution in [0.1, 0.15) is 82.8 Å². The molecule has 5 heteroatoms. The number of hydrogen-bond acceptors (Lipinski definition) is 5. The second-order valence-corrected chi connectivity index (χ2v) is 6.64. The predicted molar refractivity (Wildman–Crippen MR) is 93.5 cm³/mol. The normalized spacial score (nSPS) is 10.6. The van der Waals surface area contributed by atoms with Crippen molar-refractivity contribution in [3.05, 3.63) is 20.9 Å². The highest BCUT2D eigenvalue weighted by molar-refractivity contribution is 7.16. The average molecular weight is 340 g/mol. The van der Waals surface area contributed by atoms with Crippen molar-refractivity contribution < 1.29 is 19.1 Å². The lowest BCUT2D eigenvalue weighted by Crippen LogP contribution is -2.06. The van der Waals surface area contributed by atoms with Crippen LogP contribution in [-0.2, 0) is 22.3 Å². The molecule has 0 radical (unpaired) electrons. The summed E-state index contributed by atoms with van der Waals surface area (Å²) in [6, 6.07) is 0. The van der Waals surface area contributed by atoms with Crippen LogP contribution in [0, 0.1) is 0 Å². The highest BCUT2D eigenvalue weighted by Gasteiger charge is 2.26. The molecule has 1 heterocycles. The number of rotatable bonds is 10. The molecule has 0 unspecified atom stereocenters. The fourth-order valence-corrected chi connectivity index (χ4v) is 3.88. The highest BCUT2D eigenvalue weighted by Crippen LogP contribution is 2.33. The molecule has 1 aromatic rings. The first-order chi connectivity index (χ1) is 11.1. The summed E-state index contributed by atoms with van der Waals surface area (Å²) in [5.41, 5.74) is 1.98. The second kappa shape index (κ2) is 10.4. The van der Waals surface area contributed by atoms with E-state index >= 15 is 0 Å². The molecule has 0 aliphatic carbocycles.